The number of aromatic nitrogens is 1. The van der Waals surface area contributed by atoms with E-state index in [2.05, 4.69) is 10.3 Å². The fraction of sp³-hybridized carbons (Fsp3) is 0.600. The Hall–Kier alpha value is -1.76. The van der Waals surface area contributed by atoms with E-state index in [0.717, 1.165) is 37.0 Å². The Morgan fingerprint density at radius 1 is 1.14 bits per heavy atom. The minimum Gasteiger partial charge on any atom is -0.481 e. The number of nitrogens with one attached hydrogen (secondary N) is 1. The second kappa shape index (κ2) is 6.16. The molecule has 2 aliphatic rings. The van der Waals surface area contributed by atoms with E-state index in [1.54, 1.807) is 0 Å². The Balaban J connectivity index is 1.72. The summed E-state index contributed by atoms with van der Waals surface area (Å²) in [4.78, 5) is 40.0. The fourth-order valence-electron chi connectivity index (χ4n) is 3.13. The average Bonchev–Trinajstić information content (AvgIpc) is 2.91. The second-order valence-corrected chi connectivity index (χ2v) is 6.98. The van der Waals surface area contributed by atoms with Gasteiger partial charge in [0.15, 0.2) is 10.9 Å². The minimum absolute atomic E-state index is 0.0144. The van der Waals surface area contributed by atoms with E-state index >= 15 is 0 Å². The van der Waals surface area contributed by atoms with Gasteiger partial charge in [0.25, 0.3) is 0 Å². The lowest BCUT2D eigenvalue weighted by Crippen LogP contribution is -2.25. The fourth-order valence-corrected chi connectivity index (χ4v) is 4.08. The molecule has 1 amide bonds. The van der Waals surface area contributed by atoms with Crippen LogP contribution in [0.15, 0.2) is 0 Å². The number of nitrogens with zero attached hydrogens (tertiary/aromatic N) is 1. The van der Waals surface area contributed by atoms with Crippen molar-refractivity contribution in [3.05, 3.63) is 10.6 Å². The number of Topliss-reactive ketones (excluding diaryl/α,β-unsaturated/α-hetero) is 1. The van der Waals surface area contributed by atoms with Gasteiger partial charge in [-0.15, -0.1) is 0 Å². The number of carboxylic acids is 1. The highest BCUT2D eigenvalue weighted by molar-refractivity contribution is 7.17. The highest BCUT2D eigenvalue weighted by Crippen LogP contribution is 2.33. The highest BCUT2D eigenvalue weighted by Gasteiger charge is 2.33. The summed E-state index contributed by atoms with van der Waals surface area (Å²) in [5.41, 5.74) is 0.507. The molecule has 1 heterocycles. The lowest BCUT2D eigenvalue weighted by atomic mass is 9.89. The standard InChI is InChI=1S/C15H18N2O4S/c18-11-7-9(14(20)21)6-10-12(11)22-15(16-10)17-13(19)8-4-2-1-3-5-8/h8-9H,1-7H2,(H,20,21)(H,16,17,19). The number of carbonyl (C=O) groups excluding carboxylic acids is 2. The second-order valence-electron chi connectivity index (χ2n) is 5.99. The molecule has 0 aliphatic heterocycles. The molecule has 0 saturated heterocycles. The SMILES string of the molecule is O=C1CC(C(=O)O)Cc2nc(NC(=O)C3CCCCC3)sc21. The van der Waals surface area contributed by atoms with Gasteiger partial charge in [-0.3, -0.25) is 14.4 Å². The summed E-state index contributed by atoms with van der Waals surface area (Å²) in [5.74, 6) is -1.88. The van der Waals surface area contributed by atoms with Crippen LogP contribution < -0.4 is 5.32 Å². The maximum Gasteiger partial charge on any atom is 0.307 e. The van der Waals surface area contributed by atoms with Crippen LogP contribution in [0.5, 0.6) is 0 Å². The summed E-state index contributed by atoms with van der Waals surface area (Å²) in [7, 11) is 0. The first-order valence-electron chi connectivity index (χ1n) is 7.61. The molecule has 2 aliphatic carbocycles. The molecule has 0 radical (unpaired) electrons. The van der Waals surface area contributed by atoms with Crippen LogP contribution in [0.25, 0.3) is 0 Å². The zero-order chi connectivity index (χ0) is 15.7. The molecule has 22 heavy (non-hydrogen) atoms. The van der Waals surface area contributed by atoms with E-state index in [1.165, 1.54) is 6.42 Å². The van der Waals surface area contributed by atoms with Crippen LogP contribution in [0.1, 0.15) is 53.9 Å². The van der Waals surface area contributed by atoms with Gasteiger partial charge in [-0.25, -0.2) is 4.98 Å². The third-order valence-electron chi connectivity index (χ3n) is 4.38. The van der Waals surface area contributed by atoms with Crippen LogP contribution in [0.3, 0.4) is 0 Å². The van der Waals surface area contributed by atoms with Crippen LogP contribution in [0, 0.1) is 11.8 Å². The summed E-state index contributed by atoms with van der Waals surface area (Å²) in [6, 6.07) is 0. The van der Waals surface area contributed by atoms with E-state index in [9.17, 15) is 14.4 Å². The van der Waals surface area contributed by atoms with E-state index < -0.39 is 11.9 Å². The molecule has 2 N–H and O–H groups in total. The predicted molar refractivity (Wildman–Crippen MR) is 81.1 cm³/mol. The van der Waals surface area contributed by atoms with E-state index in [4.69, 9.17) is 5.11 Å². The number of fused-ring (bicyclic) bond motifs is 1. The number of rotatable bonds is 3. The normalized spacial score (nSPS) is 22.2. The molecule has 1 unspecified atom stereocenters. The van der Waals surface area contributed by atoms with Gasteiger partial charge in [0, 0.05) is 18.8 Å². The van der Waals surface area contributed by atoms with Gasteiger partial charge in [0.05, 0.1) is 16.5 Å². The van der Waals surface area contributed by atoms with Gasteiger partial charge >= 0.3 is 5.97 Å². The average molecular weight is 322 g/mol. The molecule has 1 atom stereocenters. The molecule has 118 valence electrons. The van der Waals surface area contributed by atoms with Gasteiger partial charge in [0.1, 0.15) is 0 Å². The maximum absolute atomic E-state index is 12.2. The number of amides is 1. The molecule has 1 saturated carbocycles. The van der Waals surface area contributed by atoms with Gasteiger partial charge in [0.2, 0.25) is 5.91 Å². The molecule has 0 aromatic carbocycles. The summed E-state index contributed by atoms with van der Waals surface area (Å²) in [6.07, 6.45) is 5.40. The molecule has 1 aromatic heterocycles. The zero-order valence-corrected chi connectivity index (χ0v) is 12.9. The van der Waals surface area contributed by atoms with Gasteiger partial charge < -0.3 is 10.4 Å². The van der Waals surface area contributed by atoms with Crippen molar-refractivity contribution < 1.29 is 19.5 Å². The van der Waals surface area contributed by atoms with Crippen molar-refractivity contribution in [3.63, 3.8) is 0 Å². The van der Waals surface area contributed by atoms with Crippen LogP contribution >= 0.6 is 11.3 Å². The predicted octanol–water partition coefficient (Wildman–Crippen LogP) is 2.49. The number of ketones is 1. The van der Waals surface area contributed by atoms with Gasteiger partial charge in [-0.05, 0) is 12.8 Å². The van der Waals surface area contributed by atoms with Gasteiger partial charge in [-0.2, -0.15) is 0 Å². The van der Waals surface area contributed by atoms with Crippen LogP contribution in [0.4, 0.5) is 5.13 Å². The van der Waals surface area contributed by atoms with Crippen LogP contribution in [-0.2, 0) is 16.0 Å². The largest absolute Gasteiger partial charge is 0.481 e. The van der Waals surface area contributed by atoms with E-state index in [-0.39, 0.29) is 30.4 Å². The number of hydrogen-bond donors (Lipinski definition) is 2. The first-order valence-corrected chi connectivity index (χ1v) is 8.43. The quantitative estimate of drug-likeness (QED) is 0.891. The van der Waals surface area contributed by atoms with Crippen molar-refractivity contribution in [3.8, 4) is 0 Å². The van der Waals surface area contributed by atoms with Crippen molar-refractivity contribution in [1.29, 1.82) is 0 Å². The lowest BCUT2D eigenvalue weighted by Gasteiger charge is -2.19. The molecule has 0 bridgehead atoms. The third kappa shape index (κ3) is 3.04. The summed E-state index contributed by atoms with van der Waals surface area (Å²) in [5, 5.41) is 12.3. The van der Waals surface area contributed by atoms with Crippen LogP contribution in [-0.4, -0.2) is 27.8 Å². The number of thiazole rings is 1. The number of anilines is 1. The Bertz CT molecular complexity index is 619. The monoisotopic (exact) mass is 322 g/mol. The minimum atomic E-state index is -0.972. The molecule has 1 aromatic rings. The Morgan fingerprint density at radius 2 is 1.86 bits per heavy atom. The smallest absolute Gasteiger partial charge is 0.307 e. The highest BCUT2D eigenvalue weighted by atomic mass is 32.1. The lowest BCUT2D eigenvalue weighted by molar-refractivity contribution is -0.141. The molecular weight excluding hydrogens is 304 g/mol. The molecule has 1 fully saturated rings. The Labute approximate surface area is 131 Å². The van der Waals surface area contributed by atoms with Crippen molar-refractivity contribution in [2.75, 3.05) is 5.32 Å². The molecule has 6 nitrogen and oxygen atoms in total. The third-order valence-corrected chi connectivity index (χ3v) is 5.43. The Morgan fingerprint density at radius 3 is 2.55 bits per heavy atom. The number of carboxylic acid groups (broad SMARTS) is 1. The van der Waals surface area contributed by atoms with E-state index in [1.807, 2.05) is 0 Å². The zero-order valence-electron chi connectivity index (χ0n) is 12.1. The summed E-state index contributed by atoms with van der Waals surface area (Å²) in [6.45, 7) is 0. The van der Waals surface area contributed by atoms with Crippen molar-refractivity contribution in [1.82, 2.24) is 4.98 Å². The van der Waals surface area contributed by atoms with Crippen molar-refractivity contribution >= 4 is 34.1 Å². The summed E-state index contributed by atoms with van der Waals surface area (Å²) < 4.78 is 0. The van der Waals surface area contributed by atoms with Crippen molar-refractivity contribution in [2.24, 2.45) is 11.8 Å². The van der Waals surface area contributed by atoms with Crippen molar-refractivity contribution in [2.45, 2.75) is 44.9 Å². The first-order chi connectivity index (χ1) is 10.5. The number of aliphatic carboxylic acids is 1. The molecule has 3 rings (SSSR count). The van der Waals surface area contributed by atoms with Gasteiger partial charge in [-0.1, -0.05) is 30.6 Å². The molecule has 0 spiro atoms. The first kappa shape index (κ1) is 15.1. The summed E-state index contributed by atoms with van der Waals surface area (Å²) >= 11 is 1.16. The van der Waals surface area contributed by atoms with Crippen LogP contribution in [0.2, 0.25) is 0 Å². The Kier molecular flexibility index (Phi) is 4.24. The topological polar surface area (TPSA) is 96.4 Å². The molecule has 7 heteroatoms. The number of carbonyl (C=O) groups is 3. The molecular formula is C15H18N2O4S. The number of hydrogen-bond acceptors (Lipinski definition) is 5. The maximum atomic E-state index is 12.2. The van der Waals surface area contributed by atoms with E-state index in [0.29, 0.717) is 15.7 Å².